The smallest absolute Gasteiger partial charge is 0.407 e. The number of H-pyrrole nitrogens is 1. The molecule has 2 atom stereocenters. The number of alkyl carbamates (subject to hydrolysis) is 1. The molecular weight excluding hydrogens is 398 g/mol. The maximum atomic E-state index is 11.7. The molecule has 2 heterocycles. The fourth-order valence-corrected chi connectivity index (χ4v) is 3.61. The second kappa shape index (κ2) is 8.64. The van der Waals surface area contributed by atoms with Gasteiger partial charge in [-0.25, -0.2) is 23.2 Å². The first-order valence-electron chi connectivity index (χ1n) is 9.27. The van der Waals surface area contributed by atoms with Gasteiger partial charge in [0.15, 0.2) is 11.6 Å². The summed E-state index contributed by atoms with van der Waals surface area (Å²) in [6.07, 6.45) is 5.71. The molecule has 11 nitrogen and oxygen atoms in total. The number of hydrogen-bond donors (Lipinski definition) is 4. The van der Waals surface area contributed by atoms with Crippen LogP contribution in [0.25, 0.3) is 0 Å². The van der Waals surface area contributed by atoms with Gasteiger partial charge in [-0.2, -0.15) is 5.10 Å². The van der Waals surface area contributed by atoms with E-state index < -0.39 is 10.0 Å². The number of aromatic nitrogens is 4. The highest BCUT2D eigenvalue weighted by Gasteiger charge is 2.30. The van der Waals surface area contributed by atoms with Crippen molar-refractivity contribution < 1.29 is 17.9 Å². The number of ether oxygens (including phenoxy) is 1. The number of anilines is 3. The molecule has 2 aromatic heterocycles. The van der Waals surface area contributed by atoms with Crippen LogP contribution in [0.15, 0.2) is 18.5 Å². The lowest BCUT2D eigenvalue weighted by atomic mass is 10.0. The topological polar surface area (TPSA) is 151 Å². The molecule has 1 saturated carbocycles. The second-order valence-electron chi connectivity index (χ2n) is 7.33. The SMILES string of the molecule is CC(C)NC(=O)OC1CCC(c2cc(Nc3cnc(NS(C)(=O)=O)cn3)n[nH]2)C1. The van der Waals surface area contributed by atoms with E-state index >= 15 is 0 Å². The Bertz CT molecular complexity index is 943. The lowest BCUT2D eigenvalue weighted by Crippen LogP contribution is -2.33. The van der Waals surface area contributed by atoms with Crippen LogP contribution in [0, 0.1) is 0 Å². The van der Waals surface area contributed by atoms with Crippen LogP contribution in [-0.2, 0) is 14.8 Å². The molecule has 0 aliphatic heterocycles. The largest absolute Gasteiger partial charge is 0.446 e. The normalized spacial score (nSPS) is 19.2. The van der Waals surface area contributed by atoms with Crippen LogP contribution < -0.4 is 15.4 Å². The van der Waals surface area contributed by atoms with Crippen LogP contribution in [-0.4, -0.2) is 53.1 Å². The molecule has 1 fully saturated rings. The number of nitrogens with zero attached hydrogens (tertiary/aromatic N) is 3. The highest BCUT2D eigenvalue weighted by molar-refractivity contribution is 7.92. The predicted molar refractivity (Wildman–Crippen MR) is 108 cm³/mol. The first-order chi connectivity index (χ1) is 13.7. The van der Waals surface area contributed by atoms with Crippen molar-refractivity contribution in [1.82, 2.24) is 25.5 Å². The summed E-state index contributed by atoms with van der Waals surface area (Å²) in [5.41, 5.74) is 0.950. The lowest BCUT2D eigenvalue weighted by molar-refractivity contribution is 0.0981. The van der Waals surface area contributed by atoms with E-state index in [9.17, 15) is 13.2 Å². The quantitative estimate of drug-likeness (QED) is 0.528. The van der Waals surface area contributed by atoms with E-state index in [4.69, 9.17) is 4.74 Å². The first-order valence-corrected chi connectivity index (χ1v) is 11.2. The Hall–Kier alpha value is -2.89. The number of carbonyl (C=O) groups is 1. The summed E-state index contributed by atoms with van der Waals surface area (Å²) in [6, 6.07) is 1.92. The second-order valence-corrected chi connectivity index (χ2v) is 9.08. The van der Waals surface area contributed by atoms with Gasteiger partial charge < -0.3 is 15.4 Å². The average Bonchev–Trinajstić information content (AvgIpc) is 3.24. The summed E-state index contributed by atoms with van der Waals surface area (Å²) in [5, 5.41) is 13.0. The van der Waals surface area contributed by atoms with E-state index in [2.05, 4.69) is 35.5 Å². The number of aromatic amines is 1. The first kappa shape index (κ1) is 20.8. The van der Waals surface area contributed by atoms with Crippen molar-refractivity contribution in [2.24, 2.45) is 0 Å². The summed E-state index contributed by atoms with van der Waals surface area (Å²) in [5.74, 6) is 1.36. The van der Waals surface area contributed by atoms with Crippen molar-refractivity contribution in [1.29, 1.82) is 0 Å². The summed E-state index contributed by atoms with van der Waals surface area (Å²) < 4.78 is 30.1. The minimum Gasteiger partial charge on any atom is -0.446 e. The Morgan fingerprint density at radius 1 is 1.21 bits per heavy atom. The Kier molecular flexibility index (Phi) is 6.20. The Morgan fingerprint density at radius 2 is 1.93 bits per heavy atom. The third-order valence-electron chi connectivity index (χ3n) is 4.30. The van der Waals surface area contributed by atoms with E-state index in [1.807, 2.05) is 19.9 Å². The number of carbonyl (C=O) groups excluding carboxylic acids is 1. The molecule has 2 unspecified atom stereocenters. The Balaban J connectivity index is 1.54. The van der Waals surface area contributed by atoms with E-state index in [0.29, 0.717) is 11.6 Å². The van der Waals surface area contributed by atoms with Crippen LogP contribution in [0.5, 0.6) is 0 Å². The van der Waals surface area contributed by atoms with Gasteiger partial charge in [0.2, 0.25) is 10.0 Å². The predicted octanol–water partition coefficient (Wildman–Crippen LogP) is 2.09. The van der Waals surface area contributed by atoms with Crippen LogP contribution in [0.4, 0.5) is 22.2 Å². The maximum Gasteiger partial charge on any atom is 0.407 e. The van der Waals surface area contributed by atoms with Crippen molar-refractivity contribution in [3.05, 3.63) is 24.2 Å². The van der Waals surface area contributed by atoms with Crippen LogP contribution >= 0.6 is 0 Å². The Labute approximate surface area is 169 Å². The highest BCUT2D eigenvalue weighted by atomic mass is 32.2. The molecule has 1 aliphatic rings. The molecule has 4 N–H and O–H groups in total. The summed E-state index contributed by atoms with van der Waals surface area (Å²) in [4.78, 5) is 19.9. The minimum absolute atomic E-state index is 0.0419. The van der Waals surface area contributed by atoms with Crippen LogP contribution in [0.1, 0.15) is 44.7 Å². The van der Waals surface area contributed by atoms with Gasteiger partial charge in [-0.05, 0) is 33.1 Å². The van der Waals surface area contributed by atoms with Gasteiger partial charge >= 0.3 is 6.09 Å². The number of hydrogen-bond acceptors (Lipinski definition) is 8. The molecule has 158 valence electrons. The molecule has 0 bridgehead atoms. The van der Waals surface area contributed by atoms with Gasteiger partial charge in [-0.15, -0.1) is 0 Å². The maximum absolute atomic E-state index is 11.7. The average molecular weight is 423 g/mol. The van der Waals surface area contributed by atoms with Crippen LogP contribution in [0.3, 0.4) is 0 Å². The standard InChI is InChI=1S/C17H25N7O4S/c1-10(2)20-17(25)28-12-5-4-11(6-12)13-7-14(23-22-13)21-15-8-19-16(9-18-15)24-29(3,26)27/h7-12H,4-6H2,1-3H3,(H,19,24)(H,20,25)(H2,18,21,22,23). The van der Waals surface area contributed by atoms with Crippen molar-refractivity contribution in [2.45, 2.75) is 51.2 Å². The van der Waals surface area contributed by atoms with Crippen molar-refractivity contribution in [3.63, 3.8) is 0 Å². The molecule has 2 aromatic rings. The zero-order valence-electron chi connectivity index (χ0n) is 16.5. The molecule has 0 saturated heterocycles. The van der Waals surface area contributed by atoms with E-state index in [0.717, 1.165) is 31.2 Å². The Morgan fingerprint density at radius 3 is 2.59 bits per heavy atom. The van der Waals surface area contributed by atoms with Gasteiger partial charge in [0.1, 0.15) is 11.9 Å². The molecule has 3 rings (SSSR count). The zero-order chi connectivity index (χ0) is 21.0. The molecule has 12 heteroatoms. The highest BCUT2D eigenvalue weighted by Crippen LogP contribution is 2.36. The number of amides is 1. The summed E-state index contributed by atoms with van der Waals surface area (Å²) in [7, 11) is -3.40. The van der Waals surface area contributed by atoms with E-state index in [1.165, 1.54) is 12.4 Å². The van der Waals surface area contributed by atoms with E-state index in [1.54, 1.807) is 0 Å². The van der Waals surface area contributed by atoms with Crippen LogP contribution in [0.2, 0.25) is 0 Å². The number of rotatable bonds is 7. The molecule has 0 aromatic carbocycles. The van der Waals surface area contributed by atoms with Gasteiger partial charge in [-0.1, -0.05) is 0 Å². The molecule has 29 heavy (non-hydrogen) atoms. The third kappa shape index (κ3) is 6.31. The van der Waals surface area contributed by atoms with Gasteiger partial charge in [0, 0.05) is 23.7 Å². The minimum atomic E-state index is -3.40. The number of sulfonamides is 1. The van der Waals surface area contributed by atoms with Gasteiger partial charge in [0.05, 0.1) is 18.6 Å². The van der Waals surface area contributed by atoms with Crippen molar-refractivity contribution in [2.75, 3.05) is 16.3 Å². The molecule has 0 spiro atoms. The molecular formula is C17H25N7O4S. The van der Waals surface area contributed by atoms with Gasteiger partial charge in [0.25, 0.3) is 0 Å². The molecule has 1 aliphatic carbocycles. The third-order valence-corrected chi connectivity index (χ3v) is 4.88. The van der Waals surface area contributed by atoms with Crippen molar-refractivity contribution >= 4 is 33.6 Å². The summed E-state index contributed by atoms with van der Waals surface area (Å²) in [6.45, 7) is 3.77. The molecule has 0 radical (unpaired) electrons. The lowest BCUT2D eigenvalue weighted by Gasteiger charge is -2.14. The van der Waals surface area contributed by atoms with Gasteiger partial charge in [-0.3, -0.25) is 9.82 Å². The monoisotopic (exact) mass is 423 g/mol. The number of nitrogens with one attached hydrogen (secondary N) is 4. The van der Waals surface area contributed by atoms with Crippen molar-refractivity contribution in [3.8, 4) is 0 Å². The summed E-state index contributed by atoms with van der Waals surface area (Å²) >= 11 is 0. The zero-order valence-corrected chi connectivity index (χ0v) is 17.3. The molecule has 1 amide bonds. The van der Waals surface area contributed by atoms with E-state index in [-0.39, 0.29) is 30.0 Å². The fraction of sp³-hybridized carbons (Fsp3) is 0.529. The fourth-order valence-electron chi connectivity index (χ4n) is 3.13.